The average molecular weight is 347 g/mol. The summed E-state index contributed by atoms with van der Waals surface area (Å²) in [6.07, 6.45) is 1.98. The highest BCUT2D eigenvalue weighted by atomic mass is 35.5. The first kappa shape index (κ1) is 16.9. The van der Waals surface area contributed by atoms with E-state index in [1.807, 2.05) is 4.90 Å². The van der Waals surface area contributed by atoms with Crippen LogP contribution in [0.3, 0.4) is 0 Å². The number of hydrogen-bond donors (Lipinski definition) is 0. The van der Waals surface area contributed by atoms with Gasteiger partial charge < -0.3 is 14.2 Å². The van der Waals surface area contributed by atoms with E-state index in [1.54, 1.807) is 24.3 Å². The molecule has 1 aliphatic heterocycles. The van der Waals surface area contributed by atoms with Gasteiger partial charge in [-0.05, 0) is 63.1 Å². The fraction of sp³-hybridized carbons (Fsp3) is 0.421. The molecule has 5 heteroatoms. The second kappa shape index (κ2) is 7.31. The number of ether oxygens (including phenoxy) is 1. The van der Waals surface area contributed by atoms with Gasteiger partial charge in [-0.15, -0.1) is 0 Å². The summed E-state index contributed by atoms with van der Waals surface area (Å²) in [4.78, 5) is 14.2. The Morgan fingerprint density at radius 1 is 1.08 bits per heavy atom. The van der Waals surface area contributed by atoms with E-state index in [4.69, 9.17) is 16.3 Å². The van der Waals surface area contributed by atoms with Crippen molar-refractivity contribution in [1.29, 1.82) is 0 Å². The smallest absolute Gasteiger partial charge is 0.260 e. The van der Waals surface area contributed by atoms with E-state index < -0.39 is 0 Å². The van der Waals surface area contributed by atoms with Crippen molar-refractivity contribution >= 4 is 17.5 Å². The number of hydrogen-bond acceptors (Lipinski definition) is 2. The third-order valence-corrected chi connectivity index (χ3v) is 4.94. The van der Waals surface area contributed by atoms with Crippen molar-refractivity contribution in [3.05, 3.63) is 52.8 Å². The minimum absolute atomic E-state index is 0.0457. The monoisotopic (exact) mass is 346 g/mol. The minimum atomic E-state index is 0.0457. The molecule has 0 atom stereocenters. The van der Waals surface area contributed by atoms with Gasteiger partial charge in [-0.1, -0.05) is 11.6 Å². The van der Waals surface area contributed by atoms with Crippen LogP contribution in [0.15, 0.2) is 36.4 Å². The molecule has 1 aromatic carbocycles. The number of amides is 1. The van der Waals surface area contributed by atoms with Crippen LogP contribution in [-0.4, -0.2) is 35.1 Å². The molecule has 1 aromatic heterocycles. The van der Waals surface area contributed by atoms with E-state index in [9.17, 15) is 4.79 Å². The molecule has 0 radical (unpaired) electrons. The highest BCUT2D eigenvalue weighted by Gasteiger charge is 2.25. The Morgan fingerprint density at radius 3 is 2.25 bits per heavy atom. The number of carbonyl (C=O) groups is 1. The molecule has 2 heterocycles. The summed E-state index contributed by atoms with van der Waals surface area (Å²) >= 11 is 5.84. The van der Waals surface area contributed by atoms with Gasteiger partial charge >= 0.3 is 0 Å². The van der Waals surface area contributed by atoms with Crippen LogP contribution in [-0.2, 0) is 4.79 Å². The van der Waals surface area contributed by atoms with Crippen molar-refractivity contribution in [2.75, 3.05) is 19.7 Å². The molecule has 1 saturated heterocycles. The number of nitrogens with zero attached hydrogens (tertiary/aromatic N) is 2. The quantitative estimate of drug-likeness (QED) is 0.838. The molecule has 0 saturated carbocycles. The van der Waals surface area contributed by atoms with Crippen LogP contribution in [0.2, 0.25) is 5.02 Å². The van der Waals surface area contributed by atoms with E-state index in [0.29, 0.717) is 16.8 Å². The Labute approximate surface area is 148 Å². The van der Waals surface area contributed by atoms with E-state index in [0.717, 1.165) is 25.9 Å². The lowest BCUT2D eigenvalue weighted by Gasteiger charge is -2.34. The normalized spacial score (nSPS) is 15.5. The van der Waals surface area contributed by atoms with Crippen molar-refractivity contribution in [2.24, 2.45) is 0 Å². The lowest BCUT2D eigenvalue weighted by Crippen LogP contribution is -2.41. The number of halogens is 1. The molecule has 0 N–H and O–H groups in total. The SMILES string of the molecule is Cc1ccc(C)n1C1CCN(C(=O)COc2ccc(Cl)cc2)CC1. The summed E-state index contributed by atoms with van der Waals surface area (Å²) in [5.41, 5.74) is 2.59. The molecule has 1 aliphatic rings. The lowest BCUT2D eigenvalue weighted by atomic mass is 10.0. The molecule has 4 nitrogen and oxygen atoms in total. The van der Waals surface area contributed by atoms with E-state index in [-0.39, 0.29) is 12.5 Å². The second-order valence-corrected chi connectivity index (χ2v) is 6.78. The van der Waals surface area contributed by atoms with Crippen LogP contribution in [0.5, 0.6) is 5.75 Å². The fourth-order valence-corrected chi connectivity index (χ4v) is 3.52. The number of rotatable bonds is 4. The maximum Gasteiger partial charge on any atom is 0.260 e. The first-order chi connectivity index (χ1) is 11.5. The van der Waals surface area contributed by atoms with Gasteiger partial charge in [-0.3, -0.25) is 4.79 Å². The largest absolute Gasteiger partial charge is 0.484 e. The Balaban J connectivity index is 1.51. The first-order valence-corrected chi connectivity index (χ1v) is 8.73. The van der Waals surface area contributed by atoms with Gasteiger partial charge in [0.2, 0.25) is 0 Å². The molecule has 0 spiro atoms. The maximum atomic E-state index is 12.3. The molecule has 3 rings (SSSR count). The average Bonchev–Trinajstić information content (AvgIpc) is 2.93. The third kappa shape index (κ3) is 3.75. The van der Waals surface area contributed by atoms with E-state index in [2.05, 4.69) is 30.5 Å². The molecule has 0 bridgehead atoms. The van der Waals surface area contributed by atoms with Gasteiger partial charge in [-0.25, -0.2) is 0 Å². The van der Waals surface area contributed by atoms with Crippen LogP contribution in [0, 0.1) is 13.8 Å². The molecule has 2 aromatic rings. The zero-order valence-electron chi connectivity index (χ0n) is 14.2. The number of likely N-dealkylation sites (tertiary alicyclic amines) is 1. The summed E-state index contributed by atoms with van der Waals surface area (Å²) in [6, 6.07) is 11.9. The maximum absolute atomic E-state index is 12.3. The molecule has 1 amide bonds. The van der Waals surface area contributed by atoms with Crippen molar-refractivity contribution in [3.63, 3.8) is 0 Å². The lowest BCUT2D eigenvalue weighted by molar-refractivity contribution is -0.134. The van der Waals surface area contributed by atoms with E-state index >= 15 is 0 Å². The molecule has 0 unspecified atom stereocenters. The Bertz CT molecular complexity index is 681. The molecular weight excluding hydrogens is 324 g/mol. The molecule has 1 fully saturated rings. The second-order valence-electron chi connectivity index (χ2n) is 6.34. The van der Waals surface area contributed by atoms with E-state index in [1.165, 1.54) is 11.4 Å². The van der Waals surface area contributed by atoms with Gasteiger partial charge in [0.1, 0.15) is 5.75 Å². The fourth-order valence-electron chi connectivity index (χ4n) is 3.40. The summed E-state index contributed by atoms with van der Waals surface area (Å²) in [7, 11) is 0. The topological polar surface area (TPSA) is 34.5 Å². The molecule has 24 heavy (non-hydrogen) atoms. The number of aromatic nitrogens is 1. The predicted molar refractivity (Wildman–Crippen MR) is 95.7 cm³/mol. The Hall–Kier alpha value is -1.94. The van der Waals surface area contributed by atoms with Crippen LogP contribution in [0.25, 0.3) is 0 Å². The number of carbonyl (C=O) groups excluding carboxylic acids is 1. The van der Waals surface area contributed by atoms with Crippen LogP contribution >= 0.6 is 11.6 Å². The minimum Gasteiger partial charge on any atom is -0.484 e. The van der Waals surface area contributed by atoms with Gasteiger partial charge in [0.05, 0.1) is 0 Å². The van der Waals surface area contributed by atoms with Crippen molar-refractivity contribution in [2.45, 2.75) is 32.7 Å². The van der Waals surface area contributed by atoms with Crippen LogP contribution in [0.4, 0.5) is 0 Å². The Kier molecular flexibility index (Phi) is 5.14. The first-order valence-electron chi connectivity index (χ1n) is 8.35. The van der Waals surface area contributed by atoms with Gasteiger partial charge in [0.15, 0.2) is 6.61 Å². The summed E-state index contributed by atoms with van der Waals surface area (Å²) in [5.74, 6) is 0.713. The van der Waals surface area contributed by atoms with Crippen LogP contribution in [0.1, 0.15) is 30.3 Å². The highest BCUT2D eigenvalue weighted by molar-refractivity contribution is 6.30. The number of aryl methyl sites for hydroxylation is 2. The molecule has 0 aliphatic carbocycles. The van der Waals surface area contributed by atoms with Crippen molar-refractivity contribution in [3.8, 4) is 5.75 Å². The standard InChI is InChI=1S/C19H23ClN2O2/c1-14-3-4-15(2)22(14)17-9-11-21(12-10-17)19(23)13-24-18-7-5-16(20)6-8-18/h3-8,17H,9-13H2,1-2H3. The summed E-state index contributed by atoms with van der Waals surface area (Å²) < 4.78 is 7.95. The zero-order chi connectivity index (χ0) is 17.1. The predicted octanol–water partition coefficient (Wildman–Crippen LogP) is 4.00. The third-order valence-electron chi connectivity index (χ3n) is 4.68. The van der Waals surface area contributed by atoms with Crippen LogP contribution < -0.4 is 4.74 Å². The molecule has 128 valence electrons. The highest BCUT2D eigenvalue weighted by Crippen LogP contribution is 2.26. The van der Waals surface area contributed by atoms with Crippen molar-refractivity contribution < 1.29 is 9.53 Å². The van der Waals surface area contributed by atoms with Gasteiger partial charge in [0, 0.05) is 35.5 Å². The van der Waals surface area contributed by atoms with Crippen molar-refractivity contribution in [1.82, 2.24) is 9.47 Å². The zero-order valence-corrected chi connectivity index (χ0v) is 14.9. The van der Waals surface area contributed by atoms with Gasteiger partial charge in [0.25, 0.3) is 5.91 Å². The molecular formula is C19H23ClN2O2. The summed E-state index contributed by atoms with van der Waals surface area (Å²) in [5, 5.41) is 0.659. The number of benzene rings is 1. The van der Waals surface area contributed by atoms with Gasteiger partial charge in [-0.2, -0.15) is 0 Å². The summed E-state index contributed by atoms with van der Waals surface area (Å²) in [6.45, 7) is 5.93. The number of piperidine rings is 1. The Morgan fingerprint density at radius 2 is 1.67 bits per heavy atom.